The van der Waals surface area contributed by atoms with Crippen LogP contribution >= 0.6 is 11.8 Å². The Morgan fingerprint density at radius 3 is 2.42 bits per heavy atom. The van der Waals surface area contributed by atoms with Crippen LogP contribution in [0, 0.1) is 0 Å². The molecule has 2 aliphatic rings. The van der Waals surface area contributed by atoms with E-state index in [1.54, 1.807) is 26.0 Å². The maximum Gasteiger partial charge on any atom is 0.514 e. The van der Waals surface area contributed by atoms with Gasteiger partial charge in [-0.05, 0) is 37.1 Å². The molecule has 2 aromatic carbocycles. The summed E-state index contributed by atoms with van der Waals surface area (Å²) >= 11 is 1.15. The third-order valence-electron chi connectivity index (χ3n) is 6.47. The van der Waals surface area contributed by atoms with Crippen molar-refractivity contribution in [3.8, 4) is 5.75 Å². The van der Waals surface area contributed by atoms with Crippen molar-refractivity contribution >= 4 is 42.1 Å². The van der Waals surface area contributed by atoms with Crippen molar-refractivity contribution in [3.63, 3.8) is 0 Å². The summed E-state index contributed by atoms with van der Waals surface area (Å²) in [4.78, 5) is 62.3. The van der Waals surface area contributed by atoms with Crippen molar-refractivity contribution in [2.45, 2.75) is 48.3 Å². The van der Waals surface area contributed by atoms with Crippen LogP contribution in [0.15, 0.2) is 54.6 Å². The van der Waals surface area contributed by atoms with Gasteiger partial charge in [0.25, 0.3) is 5.91 Å². The van der Waals surface area contributed by atoms with E-state index in [1.165, 1.54) is 24.3 Å². The molecule has 0 aromatic heterocycles. The Balaban J connectivity index is 1.43. The quantitative estimate of drug-likeness (QED) is 0.155. The van der Waals surface area contributed by atoms with Gasteiger partial charge in [-0.3, -0.25) is 19.3 Å². The second-order valence-corrected chi connectivity index (χ2v) is 10.9. The van der Waals surface area contributed by atoms with Gasteiger partial charge in [0.15, 0.2) is 0 Å². The summed E-state index contributed by atoms with van der Waals surface area (Å²) in [7, 11) is 0. The number of carboxylic acids is 1. The number of ether oxygens (including phenoxy) is 2. The molecule has 3 amide bonds. The molecule has 2 saturated heterocycles. The first-order chi connectivity index (χ1) is 18.0. The molecule has 0 bridgehead atoms. The first kappa shape index (κ1) is 26.9. The minimum Gasteiger partial charge on any atom is -0.478 e. The lowest BCUT2D eigenvalue weighted by molar-refractivity contribution is -0.176. The van der Waals surface area contributed by atoms with Crippen LogP contribution in [0.5, 0.6) is 5.75 Å². The lowest BCUT2D eigenvalue weighted by Gasteiger charge is -2.49. The topological polar surface area (TPSA) is 177 Å². The Kier molecular flexibility index (Phi) is 7.33. The molecule has 4 rings (SSSR count). The molecule has 1 unspecified atom stereocenters. The van der Waals surface area contributed by atoms with Crippen LogP contribution in [-0.4, -0.2) is 62.2 Å². The first-order valence-electron chi connectivity index (χ1n) is 11.5. The van der Waals surface area contributed by atoms with Crippen molar-refractivity contribution in [2.75, 3.05) is 0 Å². The molecular weight excluding hydrogens is 516 g/mol. The zero-order valence-electron chi connectivity index (χ0n) is 20.5. The van der Waals surface area contributed by atoms with Crippen LogP contribution < -0.4 is 21.1 Å². The van der Waals surface area contributed by atoms with E-state index in [4.69, 9.17) is 15.2 Å². The average Bonchev–Trinajstić information content (AvgIpc) is 3.11. The molecular formula is C25H26N4O8S. The molecule has 38 heavy (non-hydrogen) atoms. The van der Waals surface area contributed by atoms with Gasteiger partial charge in [-0.25, -0.2) is 9.59 Å². The minimum absolute atomic E-state index is 0.0368. The van der Waals surface area contributed by atoms with Crippen molar-refractivity contribution < 1.29 is 38.6 Å². The number of hydrogen-bond donors (Lipinski definition) is 4. The number of aliphatic carboxylic acids is 1. The maximum absolute atomic E-state index is 13.1. The number of nitrogens with zero attached hydrogens (tertiary/aromatic N) is 1. The van der Waals surface area contributed by atoms with E-state index in [0.29, 0.717) is 12.0 Å². The van der Waals surface area contributed by atoms with E-state index in [-0.39, 0.29) is 12.4 Å². The molecule has 5 N–H and O–H groups in total. The van der Waals surface area contributed by atoms with Crippen LogP contribution in [0.4, 0.5) is 4.79 Å². The van der Waals surface area contributed by atoms with E-state index in [1.807, 2.05) is 18.2 Å². The van der Waals surface area contributed by atoms with Gasteiger partial charge in [-0.15, -0.1) is 11.8 Å². The van der Waals surface area contributed by atoms with Gasteiger partial charge < -0.3 is 30.9 Å². The van der Waals surface area contributed by atoms with Gasteiger partial charge in [0.05, 0.1) is 4.75 Å². The zero-order valence-corrected chi connectivity index (χ0v) is 21.3. The highest BCUT2D eigenvalue weighted by molar-refractivity contribution is 8.01. The lowest BCUT2D eigenvalue weighted by Crippen LogP contribution is -2.80. The number of nitrogens with two attached hydrogens (primary N) is 1. The van der Waals surface area contributed by atoms with Crippen LogP contribution in [-0.2, 0) is 30.5 Å². The molecule has 0 aliphatic carbocycles. The number of fused-ring (bicyclic) bond motifs is 1. The van der Waals surface area contributed by atoms with E-state index in [9.17, 15) is 29.1 Å². The molecule has 2 fully saturated rings. The number of amides is 3. The van der Waals surface area contributed by atoms with Gasteiger partial charge in [0.1, 0.15) is 29.8 Å². The Morgan fingerprint density at radius 1 is 1.16 bits per heavy atom. The molecule has 0 spiro atoms. The van der Waals surface area contributed by atoms with Crippen LogP contribution in [0.1, 0.15) is 31.0 Å². The Bertz CT molecular complexity index is 1260. The normalized spacial score (nSPS) is 23.9. The second kappa shape index (κ2) is 10.3. The number of hydrogen-bond acceptors (Lipinski definition) is 9. The Hall–Kier alpha value is -4.10. The van der Waals surface area contributed by atoms with Crippen molar-refractivity contribution in [1.82, 2.24) is 15.5 Å². The largest absolute Gasteiger partial charge is 0.514 e. The van der Waals surface area contributed by atoms with Gasteiger partial charge in [0, 0.05) is 0 Å². The summed E-state index contributed by atoms with van der Waals surface area (Å²) < 4.78 is 9.04. The number of nitrogens with one attached hydrogen (secondary N) is 2. The fraction of sp³-hybridized carbons (Fsp3) is 0.320. The molecule has 4 atom stereocenters. The van der Waals surface area contributed by atoms with E-state index >= 15 is 0 Å². The number of carboxylic acid groups (broad SMARTS) is 1. The van der Waals surface area contributed by atoms with Crippen molar-refractivity contribution in [2.24, 2.45) is 5.73 Å². The Labute approximate surface area is 221 Å². The Morgan fingerprint density at radius 2 is 1.82 bits per heavy atom. The molecule has 2 heterocycles. The molecule has 13 heteroatoms. The van der Waals surface area contributed by atoms with Crippen molar-refractivity contribution in [1.29, 1.82) is 0 Å². The van der Waals surface area contributed by atoms with Crippen molar-refractivity contribution in [3.05, 3.63) is 65.7 Å². The lowest BCUT2D eigenvalue weighted by atomic mass is 9.88. The highest BCUT2D eigenvalue weighted by Gasteiger charge is 2.73. The number of rotatable bonds is 9. The first-order valence-corrected chi connectivity index (χ1v) is 12.4. The van der Waals surface area contributed by atoms with Gasteiger partial charge >= 0.3 is 12.1 Å². The summed E-state index contributed by atoms with van der Waals surface area (Å²) in [5.41, 5.74) is 5.13. The molecule has 0 radical (unpaired) electrons. The summed E-state index contributed by atoms with van der Waals surface area (Å²) in [5, 5.41) is 14.4. The summed E-state index contributed by atoms with van der Waals surface area (Å²) in [6.07, 6.45) is -0.539. The third-order valence-corrected chi connectivity index (χ3v) is 8.08. The molecule has 12 nitrogen and oxygen atoms in total. The zero-order chi connectivity index (χ0) is 27.7. The van der Waals surface area contributed by atoms with E-state index < -0.39 is 51.8 Å². The number of thioether (sulfide) groups is 1. The average molecular weight is 543 g/mol. The maximum atomic E-state index is 13.1. The van der Waals surface area contributed by atoms with Crippen LogP contribution in [0.25, 0.3) is 0 Å². The molecule has 0 saturated carbocycles. The highest BCUT2D eigenvalue weighted by atomic mass is 32.2. The van der Waals surface area contributed by atoms with E-state index in [2.05, 4.69) is 10.6 Å². The van der Waals surface area contributed by atoms with Gasteiger partial charge in [-0.2, -0.15) is 0 Å². The molecule has 2 aromatic rings. The highest BCUT2D eigenvalue weighted by Crippen LogP contribution is 2.55. The standard InChI is InChI=1S/C25H26N4O8S/c1-24(2)25(22(33)34,29-20(32)18(27-13-30)21(29)38-24)28-19(31)17(26)15-8-10-16(11-9-15)37-23(35)36-12-14-6-4-3-5-7-14/h3-11,13,17-18,21H,12,26H2,1-2H3,(H,27,30)(H,28,31)(H,33,34)/t17?,18-,21-,25+/m1/s1. The number of carbonyl (C=O) groups is 5. The fourth-order valence-electron chi connectivity index (χ4n) is 4.46. The predicted molar refractivity (Wildman–Crippen MR) is 134 cm³/mol. The molecule has 2 aliphatic heterocycles. The fourth-order valence-corrected chi connectivity index (χ4v) is 6.17. The van der Waals surface area contributed by atoms with Gasteiger partial charge in [-0.1, -0.05) is 42.5 Å². The SMILES string of the molecule is CC1(C)S[C@@H]2[C@H](NC=O)C(=O)N2[C@@]1(NC(=O)C(N)c1ccc(OC(=O)OCc2ccccc2)cc1)C(=O)O. The minimum atomic E-state index is -2.10. The van der Waals surface area contributed by atoms with Crippen LogP contribution in [0.3, 0.4) is 0 Å². The molecule has 200 valence electrons. The van der Waals surface area contributed by atoms with E-state index in [0.717, 1.165) is 22.2 Å². The summed E-state index contributed by atoms with van der Waals surface area (Å²) in [6, 6.07) is 12.6. The monoisotopic (exact) mass is 542 g/mol. The number of benzene rings is 2. The second-order valence-electron chi connectivity index (χ2n) is 9.17. The summed E-state index contributed by atoms with van der Waals surface area (Å²) in [5.74, 6) is -2.75. The number of carbonyl (C=O) groups excluding carboxylic acids is 4. The third kappa shape index (κ3) is 4.65. The van der Waals surface area contributed by atoms with Gasteiger partial charge in [0.2, 0.25) is 18.0 Å². The summed E-state index contributed by atoms with van der Waals surface area (Å²) in [6.45, 7) is 3.21. The van der Waals surface area contributed by atoms with Crippen LogP contribution in [0.2, 0.25) is 0 Å². The number of β-lactam (4-membered cyclic amide) rings is 1. The predicted octanol–water partition coefficient (Wildman–Crippen LogP) is 1.11. The smallest absolute Gasteiger partial charge is 0.478 e.